The first-order chi connectivity index (χ1) is 4.50. The normalized spacial score (nSPS) is 28.6. The lowest BCUT2D eigenvalue weighted by Gasteiger charge is -2.29. The summed E-state index contributed by atoms with van der Waals surface area (Å²) in [6.45, 7) is 10.8. The molecule has 0 aromatic heterocycles. The second kappa shape index (κ2) is 2.70. The van der Waals surface area contributed by atoms with Crippen LogP contribution in [0.25, 0.3) is 0 Å². The zero-order chi connectivity index (χ0) is 7.78. The van der Waals surface area contributed by atoms with Crippen molar-refractivity contribution in [1.82, 2.24) is 4.48 Å². The van der Waals surface area contributed by atoms with Crippen LogP contribution in [0.3, 0.4) is 0 Å². The fourth-order valence-corrected chi connectivity index (χ4v) is 2.86. The predicted octanol–water partition coefficient (Wildman–Crippen LogP) is 1.95. The van der Waals surface area contributed by atoms with Crippen molar-refractivity contribution in [2.45, 2.75) is 38.8 Å². The number of rotatable bonds is 1. The quantitative estimate of drug-likeness (QED) is 0.522. The zero-order valence-electron chi connectivity index (χ0n) is 7.52. The second-order valence-electron chi connectivity index (χ2n) is 4.28. The Balaban J connectivity index is 2.45. The summed E-state index contributed by atoms with van der Waals surface area (Å²) in [5, 5.41) is 0. The SMILES string of the molecule is CC1[B]N([Si](C)(C)C)CC1. The monoisotopic (exact) mass is 154 g/mol. The van der Waals surface area contributed by atoms with Gasteiger partial charge in [0.25, 0.3) is 0 Å². The maximum Gasteiger partial charge on any atom is 0.204 e. The maximum atomic E-state index is 2.58. The van der Waals surface area contributed by atoms with Crippen LogP contribution in [0.15, 0.2) is 0 Å². The molecule has 1 radical (unpaired) electrons. The van der Waals surface area contributed by atoms with Gasteiger partial charge in [0.1, 0.15) is 8.24 Å². The summed E-state index contributed by atoms with van der Waals surface area (Å²) in [5.41, 5.74) is 0. The molecule has 0 aromatic rings. The highest BCUT2D eigenvalue weighted by Crippen LogP contribution is 2.23. The molecule has 1 saturated heterocycles. The van der Waals surface area contributed by atoms with E-state index in [2.05, 4.69) is 38.5 Å². The molecule has 1 fully saturated rings. The molecule has 0 bridgehead atoms. The number of nitrogens with zero attached hydrogens (tertiary/aromatic N) is 1. The molecule has 1 heterocycles. The Kier molecular flexibility index (Phi) is 2.25. The van der Waals surface area contributed by atoms with E-state index < -0.39 is 8.24 Å². The average molecular weight is 154 g/mol. The molecule has 0 N–H and O–H groups in total. The van der Waals surface area contributed by atoms with Gasteiger partial charge in [-0.2, -0.15) is 0 Å². The molecule has 0 aliphatic carbocycles. The van der Waals surface area contributed by atoms with Crippen LogP contribution in [-0.2, 0) is 0 Å². The van der Waals surface area contributed by atoms with E-state index in [9.17, 15) is 0 Å². The van der Waals surface area contributed by atoms with Gasteiger partial charge in [-0.05, 0) is 13.0 Å². The highest BCUT2D eigenvalue weighted by Gasteiger charge is 2.30. The molecule has 1 atom stereocenters. The molecule has 0 aromatic carbocycles. The zero-order valence-corrected chi connectivity index (χ0v) is 8.52. The third-order valence-corrected chi connectivity index (χ3v) is 4.22. The molecule has 0 amide bonds. The van der Waals surface area contributed by atoms with Gasteiger partial charge in [-0.1, -0.05) is 32.4 Å². The summed E-state index contributed by atoms with van der Waals surface area (Å²) in [5.74, 6) is 0.826. The Labute approximate surface area is 66.2 Å². The molecule has 1 rings (SSSR count). The lowest BCUT2D eigenvalue weighted by atomic mass is 9.80. The van der Waals surface area contributed by atoms with Crippen LogP contribution >= 0.6 is 0 Å². The Morgan fingerprint density at radius 3 is 2.20 bits per heavy atom. The molecule has 1 unspecified atom stereocenters. The third kappa shape index (κ3) is 1.86. The Hall–Kier alpha value is 0.242. The van der Waals surface area contributed by atoms with Gasteiger partial charge in [-0.3, -0.25) is 0 Å². The third-order valence-electron chi connectivity index (χ3n) is 2.12. The summed E-state index contributed by atoms with van der Waals surface area (Å²) in [6, 6.07) is 0. The van der Waals surface area contributed by atoms with Gasteiger partial charge in [0.05, 0.1) is 0 Å². The molecular weight excluding hydrogens is 137 g/mol. The van der Waals surface area contributed by atoms with Crippen molar-refractivity contribution in [3.8, 4) is 0 Å². The summed E-state index contributed by atoms with van der Waals surface area (Å²) in [7, 11) is 1.43. The van der Waals surface area contributed by atoms with Crippen molar-refractivity contribution in [3.63, 3.8) is 0 Å². The molecule has 0 spiro atoms. The predicted molar refractivity (Wildman–Crippen MR) is 49.8 cm³/mol. The highest BCUT2D eigenvalue weighted by molar-refractivity contribution is 6.79. The van der Waals surface area contributed by atoms with E-state index >= 15 is 0 Å². The lowest BCUT2D eigenvalue weighted by Crippen LogP contribution is -2.45. The van der Waals surface area contributed by atoms with E-state index in [1.54, 1.807) is 0 Å². The highest BCUT2D eigenvalue weighted by atomic mass is 28.3. The molecule has 57 valence electrons. The van der Waals surface area contributed by atoms with Crippen LogP contribution in [0.4, 0.5) is 0 Å². The molecule has 1 aliphatic heterocycles. The summed E-state index contributed by atoms with van der Waals surface area (Å²) in [6.07, 6.45) is 1.37. The molecule has 1 nitrogen and oxygen atoms in total. The van der Waals surface area contributed by atoms with Gasteiger partial charge >= 0.3 is 0 Å². The van der Waals surface area contributed by atoms with Gasteiger partial charge in [0.15, 0.2) is 0 Å². The minimum absolute atomic E-state index is 0.826. The summed E-state index contributed by atoms with van der Waals surface area (Å²) < 4.78 is 2.58. The van der Waals surface area contributed by atoms with Crippen molar-refractivity contribution in [2.24, 2.45) is 0 Å². The Bertz CT molecular complexity index is 121. The number of hydrogen-bond donors (Lipinski definition) is 0. The lowest BCUT2D eigenvalue weighted by molar-refractivity contribution is 0.670. The van der Waals surface area contributed by atoms with Gasteiger partial charge in [-0.25, -0.2) is 0 Å². The van der Waals surface area contributed by atoms with E-state index in [1.807, 2.05) is 0 Å². The van der Waals surface area contributed by atoms with Crippen LogP contribution in [-0.4, -0.2) is 26.7 Å². The van der Waals surface area contributed by atoms with E-state index in [0.29, 0.717) is 0 Å². The fourth-order valence-electron chi connectivity index (χ4n) is 1.36. The van der Waals surface area contributed by atoms with E-state index in [1.165, 1.54) is 13.0 Å². The van der Waals surface area contributed by atoms with Crippen LogP contribution in [0, 0.1) is 0 Å². The summed E-state index contributed by atoms with van der Waals surface area (Å²) >= 11 is 0. The van der Waals surface area contributed by atoms with Crippen molar-refractivity contribution >= 4 is 15.6 Å². The van der Waals surface area contributed by atoms with Crippen LogP contribution in [0.5, 0.6) is 0 Å². The molecule has 0 saturated carbocycles. The van der Waals surface area contributed by atoms with Crippen LogP contribution in [0.2, 0.25) is 25.5 Å². The van der Waals surface area contributed by atoms with Crippen LogP contribution in [0.1, 0.15) is 13.3 Å². The number of hydrogen-bond acceptors (Lipinski definition) is 1. The molecule has 3 heteroatoms. The van der Waals surface area contributed by atoms with E-state index in [0.717, 1.165) is 5.82 Å². The first kappa shape index (κ1) is 8.34. The smallest absolute Gasteiger partial charge is 0.204 e. The van der Waals surface area contributed by atoms with Gasteiger partial charge in [-0.15, -0.1) is 0 Å². The van der Waals surface area contributed by atoms with Crippen molar-refractivity contribution < 1.29 is 0 Å². The largest absolute Gasteiger partial charge is 0.369 e. The summed E-state index contributed by atoms with van der Waals surface area (Å²) in [4.78, 5) is 0. The Morgan fingerprint density at radius 1 is 1.40 bits per heavy atom. The van der Waals surface area contributed by atoms with Gasteiger partial charge in [0, 0.05) is 0 Å². The van der Waals surface area contributed by atoms with Crippen molar-refractivity contribution in [3.05, 3.63) is 0 Å². The topological polar surface area (TPSA) is 3.24 Å². The minimum Gasteiger partial charge on any atom is -0.369 e. The Morgan fingerprint density at radius 2 is 2.00 bits per heavy atom. The van der Waals surface area contributed by atoms with Crippen LogP contribution < -0.4 is 0 Å². The average Bonchev–Trinajstić information content (AvgIpc) is 2.11. The fraction of sp³-hybridized carbons (Fsp3) is 1.00. The standard InChI is InChI=1S/C7H17BNSi/c1-7-5-6-9(8-7)10(2,3)4/h7H,5-6H2,1-4H3. The van der Waals surface area contributed by atoms with E-state index in [-0.39, 0.29) is 0 Å². The van der Waals surface area contributed by atoms with E-state index in [4.69, 9.17) is 0 Å². The van der Waals surface area contributed by atoms with Gasteiger partial charge in [0.2, 0.25) is 7.41 Å². The molecule has 1 aliphatic rings. The maximum absolute atomic E-state index is 2.58. The minimum atomic E-state index is -0.988. The van der Waals surface area contributed by atoms with Crippen molar-refractivity contribution in [1.29, 1.82) is 0 Å². The van der Waals surface area contributed by atoms with Gasteiger partial charge < -0.3 is 4.48 Å². The molecule has 10 heavy (non-hydrogen) atoms. The first-order valence-corrected chi connectivity index (χ1v) is 7.56. The first-order valence-electron chi connectivity index (χ1n) is 4.12. The second-order valence-corrected chi connectivity index (χ2v) is 9.20. The van der Waals surface area contributed by atoms with Crippen molar-refractivity contribution in [2.75, 3.05) is 6.54 Å². The molecular formula is C7H17BNSi.